The molecule has 0 spiro atoms. The highest BCUT2D eigenvalue weighted by atomic mass is 16.1. The quantitative estimate of drug-likeness (QED) is 0.567. The Morgan fingerprint density at radius 3 is 2.31 bits per heavy atom. The van der Waals surface area contributed by atoms with Gasteiger partial charge in [-0.25, -0.2) is 0 Å². The van der Waals surface area contributed by atoms with E-state index in [-0.39, 0.29) is 5.41 Å². The molecule has 0 saturated carbocycles. The molecule has 0 aliphatic heterocycles. The zero-order valence-corrected chi connectivity index (χ0v) is 9.47. The Bertz CT molecular complexity index is 147. The normalized spacial score (nSPS) is 15.8. The van der Waals surface area contributed by atoms with Gasteiger partial charge in [-0.05, 0) is 26.4 Å². The molecule has 78 valence electrons. The molecule has 2 heteroatoms. The fourth-order valence-electron chi connectivity index (χ4n) is 1.82. The Labute approximate surface area is 82.3 Å². The van der Waals surface area contributed by atoms with E-state index in [0.29, 0.717) is 0 Å². The van der Waals surface area contributed by atoms with Gasteiger partial charge >= 0.3 is 0 Å². The van der Waals surface area contributed by atoms with Crippen LogP contribution in [0.3, 0.4) is 0 Å². The molecule has 1 unspecified atom stereocenters. The number of hydrogen-bond donors (Lipinski definition) is 0. The SMILES string of the molecule is CCCN(C)CC(C)(C=O)CCC. The molecule has 0 amide bonds. The second-order valence-corrected chi connectivity index (χ2v) is 4.26. The summed E-state index contributed by atoms with van der Waals surface area (Å²) in [7, 11) is 2.08. The van der Waals surface area contributed by atoms with Gasteiger partial charge in [-0.1, -0.05) is 27.2 Å². The Kier molecular flexibility index (Phi) is 5.97. The summed E-state index contributed by atoms with van der Waals surface area (Å²) in [6.45, 7) is 8.30. The second kappa shape index (κ2) is 6.14. The third kappa shape index (κ3) is 5.04. The molecule has 0 aromatic heterocycles. The van der Waals surface area contributed by atoms with E-state index in [9.17, 15) is 4.79 Å². The van der Waals surface area contributed by atoms with Crippen molar-refractivity contribution in [1.82, 2.24) is 4.90 Å². The summed E-state index contributed by atoms with van der Waals surface area (Å²) in [4.78, 5) is 13.2. The summed E-state index contributed by atoms with van der Waals surface area (Å²) in [5.41, 5.74) is -0.140. The fraction of sp³-hybridized carbons (Fsp3) is 0.909. The summed E-state index contributed by atoms with van der Waals surface area (Å²) in [5, 5.41) is 0. The van der Waals surface area contributed by atoms with E-state index in [1.807, 2.05) is 0 Å². The molecule has 0 N–H and O–H groups in total. The molecule has 2 nitrogen and oxygen atoms in total. The highest BCUT2D eigenvalue weighted by Crippen LogP contribution is 2.21. The Hall–Kier alpha value is -0.370. The Morgan fingerprint density at radius 2 is 1.92 bits per heavy atom. The van der Waals surface area contributed by atoms with Crippen LogP contribution in [-0.2, 0) is 4.79 Å². The topological polar surface area (TPSA) is 20.3 Å². The average molecular weight is 185 g/mol. The first-order valence-electron chi connectivity index (χ1n) is 5.23. The van der Waals surface area contributed by atoms with Crippen LogP contribution in [-0.4, -0.2) is 31.3 Å². The van der Waals surface area contributed by atoms with Crippen LogP contribution in [0.4, 0.5) is 0 Å². The van der Waals surface area contributed by atoms with Crippen LogP contribution in [0.2, 0.25) is 0 Å². The molecule has 0 rings (SSSR count). The van der Waals surface area contributed by atoms with E-state index in [1.165, 1.54) is 0 Å². The largest absolute Gasteiger partial charge is 0.305 e. The molecule has 0 aromatic rings. The van der Waals surface area contributed by atoms with Crippen molar-refractivity contribution in [1.29, 1.82) is 0 Å². The van der Waals surface area contributed by atoms with Gasteiger partial charge in [-0.15, -0.1) is 0 Å². The van der Waals surface area contributed by atoms with E-state index in [0.717, 1.165) is 38.6 Å². The molecule has 0 aliphatic rings. The van der Waals surface area contributed by atoms with Crippen molar-refractivity contribution in [3.8, 4) is 0 Å². The summed E-state index contributed by atoms with van der Waals surface area (Å²) < 4.78 is 0. The lowest BCUT2D eigenvalue weighted by molar-refractivity contribution is -0.116. The van der Waals surface area contributed by atoms with Crippen molar-refractivity contribution in [3.63, 3.8) is 0 Å². The molecule has 0 radical (unpaired) electrons. The minimum absolute atomic E-state index is 0.140. The summed E-state index contributed by atoms with van der Waals surface area (Å²) >= 11 is 0. The van der Waals surface area contributed by atoms with Gasteiger partial charge in [0.25, 0.3) is 0 Å². The van der Waals surface area contributed by atoms with E-state index in [2.05, 4.69) is 32.7 Å². The maximum atomic E-state index is 10.9. The highest BCUT2D eigenvalue weighted by Gasteiger charge is 2.23. The number of hydrogen-bond acceptors (Lipinski definition) is 2. The van der Waals surface area contributed by atoms with Gasteiger partial charge < -0.3 is 9.69 Å². The molecular weight excluding hydrogens is 162 g/mol. The van der Waals surface area contributed by atoms with Crippen molar-refractivity contribution in [2.24, 2.45) is 5.41 Å². The number of nitrogens with zero attached hydrogens (tertiary/aromatic N) is 1. The molecule has 0 bridgehead atoms. The lowest BCUT2D eigenvalue weighted by atomic mass is 9.87. The second-order valence-electron chi connectivity index (χ2n) is 4.26. The van der Waals surface area contributed by atoms with Crippen molar-refractivity contribution in [2.75, 3.05) is 20.1 Å². The minimum atomic E-state index is -0.140. The van der Waals surface area contributed by atoms with Crippen molar-refractivity contribution in [3.05, 3.63) is 0 Å². The smallest absolute Gasteiger partial charge is 0.127 e. The predicted molar refractivity (Wildman–Crippen MR) is 56.9 cm³/mol. The number of carbonyl (C=O) groups is 1. The molecule has 13 heavy (non-hydrogen) atoms. The lowest BCUT2D eigenvalue weighted by Crippen LogP contribution is -2.35. The summed E-state index contributed by atoms with van der Waals surface area (Å²) in [5.74, 6) is 0. The van der Waals surface area contributed by atoms with Gasteiger partial charge in [-0.2, -0.15) is 0 Å². The molecular formula is C11H23NO. The third-order valence-corrected chi connectivity index (χ3v) is 2.34. The first kappa shape index (κ1) is 12.6. The molecule has 0 saturated heterocycles. The average Bonchev–Trinajstić information content (AvgIpc) is 2.05. The van der Waals surface area contributed by atoms with Crippen LogP contribution < -0.4 is 0 Å². The maximum absolute atomic E-state index is 10.9. The zero-order chi connectivity index (χ0) is 10.3. The first-order valence-corrected chi connectivity index (χ1v) is 5.23. The van der Waals surface area contributed by atoms with Gasteiger partial charge in [0.1, 0.15) is 6.29 Å². The van der Waals surface area contributed by atoms with Crippen LogP contribution in [0.1, 0.15) is 40.0 Å². The van der Waals surface area contributed by atoms with Crippen LogP contribution >= 0.6 is 0 Å². The Morgan fingerprint density at radius 1 is 1.31 bits per heavy atom. The van der Waals surface area contributed by atoms with E-state index in [4.69, 9.17) is 0 Å². The Balaban J connectivity index is 4.01. The van der Waals surface area contributed by atoms with Gasteiger partial charge in [0, 0.05) is 12.0 Å². The van der Waals surface area contributed by atoms with Crippen molar-refractivity contribution in [2.45, 2.75) is 40.0 Å². The number of carbonyl (C=O) groups excluding carboxylic acids is 1. The number of rotatable bonds is 7. The monoisotopic (exact) mass is 185 g/mol. The van der Waals surface area contributed by atoms with Gasteiger partial charge in [0.15, 0.2) is 0 Å². The summed E-state index contributed by atoms with van der Waals surface area (Å²) in [6.07, 6.45) is 4.33. The molecule has 1 atom stereocenters. The van der Waals surface area contributed by atoms with Crippen LogP contribution in [0.5, 0.6) is 0 Å². The van der Waals surface area contributed by atoms with Crippen molar-refractivity contribution < 1.29 is 4.79 Å². The standard InChI is InChI=1S/C11H23NO/c1-5-7-11(3,10-13)9-12(4)8-6-2/h10H,5-9H2,1-4H3. The van der Waals surface area contributed by atoms with Gasteiger partial charge in [0.05, 0.1) is 0 Å². The van der Waals surface area contributed by atoms with Crippen LogP contribution in [0.25, 0.3) is 0 Å². The molecule has 0 aromatic carbocycles. The van der Waals surface area contributed by atoms with Crippen LogP contribution in [0.15, 0.2) is 0 Å². The predicted octanol–water partition coefficient (Wildman–Crippen LogP) is 2.33. The molecule has 0 fully saturated rings. The van der Waals surface area contributed by atoms with Gasteiger partial charge in [0.2, 0.25) is 0 Å². The number of aldehydes is 1. The summed E-state index contributed by atoms with van der Waals surface area (Å²) in [6, 6.07) is 0. The molecule has 0 aliphatic carbocycles. The lowest BCUT2D eigenvalue weighted by Gasteiger charge is -2.28. The first-order chi connectivity index (χ1) is 6.08. The van der Waals surface area contributed by atoms with Crippen molar-refractivity contribution >= 4 is 6.29 Å². The van der Waals surface area contributed by atoms with E-state index in [1.54, 1.807) is 0 Å². The highest BCUT2D eigenvalue weighted by molar-refractivity contribution is 5.58. The van der Waals surface area contributed by atoms with Gasteiger partial charge in [-0.3, -0.25) is 0 Å². The van der Waals surface area contributed by atoms with E-state index < -0.39 is 0 Å². The zero-order valence-electron chi connectivity index (χ0n) is 9.47. The van der Waals surface area contributed by atoms with E-state index >= 15 is 0 Å². The molecule has 0 heterocycles. The fourth-order valence-corrected chi connectivity index (χ4v) is 1.82. The minimum Gasteiger partial charge on any atom is -0.305 e. The van der Waals surface area contributed by atoms with Crippen LogP contribution in [0, 0.1) is 5.41 Å². The maximum Gasteiger partial charge on any atom is 0.127 e. The third-order valence-electron chi connectivity index (χ3n) is 2.34.